The molecule has 0 atom stereocenters. The maximum Gasteiger partial charge on any atom is 0.416 e. The van der Waals surface area contributed by atoms with Crippen molar-refractivity contribution in [2.75, 3.05) is 56.2 Å². The lowest BCUT2D eigenvalue weighted by Gasteiger charge is -2.33. The molecule has 35 heavy (non-hydrogen) atoms. The molecule has 1 saturated carbocycles. The summed E-state index contributed by atoms with van der Waals surface area (Å²) >= 11 is 0. The molecule has 2 amide bonds. The smallest absolute Gasteiger partial charge is 0.378 e. The second-order valence-electron chi connectivity index (χ2n) is 9.77. The Hall–Kier alpha value is -2.33. The lowest BCUT2D eigenvalue weighted by atomic mass is 9.88. The van der Waals surface area contributed by atoms with Gasteiger partial charge in [-0.15, -0.1) is 0 Å². The van der Waals surface area contributed by atoms with Gasteiger partial charge in [-0.3, -0.25) is 14.5 Å². The summed E-state index contributed by atoms with van der Waals surface area (Å²) in [5, 5.41) is 5.90. The van der Waals surface area contributed by atoms with Crippen molar-refractivity contribution in [1.82, 2.24) is 10.2 Å². The van der Waals surface area contributed by atoms with Crippen molar-refractivity contribution in [3.05, 3.63) is 23.8 Å². The summed E-state index contributed by atoms with van der Waals surface area (Å²) in [6, 6.07) is 3.59. The molecular weight excluding hydrogens is 461 g/mol. The summed E-state index contributed by atoms with van der Waals surface area (Å²) in [5.74, 6) is -0.0645. The summed E-state index contributed by atoms with van der Waals surface area (Å²) in [6.07, 6.45) is 2.39. The van der Waals surface area contributed by atoms with Crippen molar-refractivity contribution < 1.29 is 27.5 Å². The second kappa shape index (κ2) is 11.6. The van der Waals surface area contributed by atoms with Gasteiger partial charge in [0.05, 0.1) is 36.7 Å². The van der Waals surface area contributed by atoms with E-state index >= 15 is 0 Å². The highest BCUT2D eigenvalue weighted by Gasteiger charge is 2.32. The average molecular weight is 497 g/mol. The van der Waals surface area contributed by atoms with Gasteiger partial charge in [-0.2, -0.15) is 13.2 Å². The minimum Gasteiger partial charge on any atom is -0.378 e. The van der Waals surface area contributed by atoms with Crippen molar-refractivity contribution in [1.29, 1.82) is 0 Å². The van der Waals surface area contributed by atoms with Gasteiger partial charge in [0.25, 0.3) is 0 Å². The fourth-order valence-electron chi connectivity index (χ4n) is 5.20. The number of nitrogens with one attached hydrogen (secondary N) is 2. The first-order valence-electron chi connectivity index (χ1n) is 12.7. The molecule has 7 nitrogen and oxygen atoms in total. The summed E-state index contributed by atoms with van der Waals surface area (Å²) in [7, 11) is 0. The standard InChI is InChI=1S/C25H35F3N4O3/c26-25(27,28)19-6-7-22(32-12-14-35-15-13-32)21(16-19)30-23(33)17-31-10-8-20(9-11-31)29-24(34)18-4-2-1-3-5-18/h6-7,16,18,20H,1-5,8-15,17H2,(H,29,34)(H,30,33). The number of halogens is 3. The molecule has 1 aliphatic carbocycles. The average Bonchev–Trinajstić information content (AvgIpc) is 2.85. The summed E-state index contributed by atoms with van der Waals surface area (Å²) in [5.41, 5.74) is -0.0560. The number of ether oxygens (including phenoxy) is 1. The van der Waals surface area contributed by atoms with Crippen LogP contribution in [0.3, 0.4) is 0 Å². The van der Waals surface area contributed by atoms with E-state index in [1.165, 1.54) is 12.5 Å². The van der Waals surface area contributed by atoms with Crippen LogP contribution in [0.2, 0.25) is 0 Å². The van der Waals surface area contributed by atoms with Crippen LogP contribution in [0.15, 0.2) is 18.2 Å². The van der Waals surface area contributed by atoms with Crippen LogP contribution in [0.5, 0.6) is 0 Å². The number of hydrogen-bond acceptors (Lipinski definition) is 5. The summed E-state index contributed by atoms with van der Waals surface area (Å²) in [6.45, 7) is 3.48. The van der Waals surface area contributed by atoms with Gasteiger partial charge in [0.15, 0.2) is 0 Å². The molecule has 3 aliphatic rings. The van der Waals surface area contributed by atoms with Gasteiger partial charge in [0.1, 0.15) is 0 Å². The molecule has 3 fully saturated rings. The molecule has 2 saturated heterocycles. The highest BCUT2D eigenvalue weighted by Crippen LogP contribution is 2.36. The van der Waals surface area contributed by atoms with Gasteiger partial charge in [-0.1, -0.05) is 19.3 Å². The third-order valence-electron chi connectivity index (χ3n) is 7.23. The maximum atomic E-state index is 13.3. The van der Waals surface area contributed by atoms with Crippen LogP contribution >= 0.6 is 0 Å². The van der Waals surface area contributed by atoms with Crippen molar-refractivity contribution in [3.8, 4) is 0 Å². The van der Waals surface area contributed by atoms with Crippen LogP contribution in [0.4, 0.5) is 24.5 Å². The number of carbonyl (C=O) groups is 2. The van der Waals surface area contributed by atoms with Crippen LogP contribution in [0.25, 0.3) is 0 Å². The van der Waals surface area contributed by atoms with E-state index in [0.717, 1.165) is 50.7 Å². The zero-order valence-corrected chi connectivity index (χ0v) is 20.0. The molecule has 2 heterocycles. The number of alkyl halides is 3. The number of amides is 2. The molecule has 10 heteroatoms. The number of hydrogen-bond donors (Lipinski definition) is 2. The molecule has 2 aliphatic heterocycles. The summed E-state index contributed by atoms with van der Waals surface area (Å²) in [4.78, 5) is 29.2. The molecule has 0 bridgehead atoms. The molecule has 0 aromatic heterocycles. The van der Waals surface area contributed by atoms with Crippen LogP contribution in [0, 0.1) is 5.92 Å². The minimum absolute atomic E-state index is 0.0993. The monoisotopic (exact) mass is 496 g/mol. The molecule has 1 aromatic carbocycles. The van der Waals surface area contributed by atoms with Gasteiger partial charge in [0.2, 0.25) is 11.8 Å². The maximum absolute atomic E-state index is 13.3. The molecule has 0 radical (unpaired) electrons. The number of morpholine rings is 1. The predicted molar refractivity (Wildman–Crippen MR) is 127 cm³/mol. The van der Waals surface area contributed by atoms with Crippen molar-refractivity contribution in [2.45, 2.75) is 57.2 Å². The van der Waals surface area contributed by atoms with Gasteiger partial charge in [-0.05, 0) is 43.9 Å². The van der Waals surface area contributed by atoms with Crippen molar-refractivity contribution in [2.24, 2.45) is 5.92 Å². The Morgan fingerprint density at radius 2 is 1.66 bits per heavy atom. The number of nitrogens with zero attached hydrogens (tertiary/aromatic N) is 2. The molecule has 2 N–H and O–H groups in total. The van der Waals surface area contributed by atoms with Crippen molar-refractivity contribution in [3.63, 3.8) is 0 Å². The third kappa shape index (κ3) is 7.10. The molecule has 0 spiro atoms. The second-order valence-corrected chi connectivity index (χ2v) is 9.77. The van der Waals surface area contributed by atoms with Crippen LogP contribution in [-0.4, -0.2) is 68.7 Å². The van der Waals surface area contributed by atoms with Crippen LogP contribution < -0.4 is 15.5 Å². The fraction of sp³-hybridized carbons (Fsp3) is 0.680. The zero-order valence-electron chi connectivity index (χ0n) is 20.0. The van der Waals surface area contributed by atoms with E-state index < -0.39 is 11.7 Å². The highest BCUT2D eigenvalue weighted by atomic mass is 19.4. The first-order valence-corrected chi connectivity index (χ1v) is 12.7. The first kappa shape index (κ1) is 25.8. The third-order valence-corrected chi connectivity index (χ3v) is 7.23. The van der Waals surface area contributed by atoms with E-state index in [4.69, 9.17) is 4.74 Å². The van der Waals surface area contributed by atoms with E-state index in [1.807, 2.05) is 9.80 Å². The first-order chi connectivity index (χ1) is 16.8. The van der Waals surface area contributed by atoms with Gasteiger partial charge in [0, 0.05) is 38.1 Å². The Morgan fingerprint density at radius 1 is 0.971 bits per heavy atom. The van der Waals surface area contributed by atoms with E-state index in [2.05, 4.69) is 10.6 Å². The molecular formula is C25H35F3N4O3. The molecule has 4 rings (SSSR count). The highest BCUT2D eigenvalue weighted by molar-refractivity contribution is 5.96. The normalized spacial score (nSPS) is 21.1. The SMILES string of the molecule is O=C(CN1CCC(NC(=O)C2CCCCC2)CC1)Nc1cc(C(F)(F)F)ccc1N1CCOCC1. The predicted octanol–water partition coefficient (Wildman–Crippen LogP) is 3.64. The van der Waals surface area contributed by atoms with Crippen molar-refractivity contribution >= 4 is 23.2 Å². The Bertz CT molecular complexity index is 875. The van der Waals surface area contributed by atoms with E-state index in [1.54, 1.807) is 0 Å². The largest absolute Gasteiger partial charge is 0.416 e. The van der Waals surface area contributed by atoms with Crippen LogP contribution in [-0.2, 0) is 20.5 Å². The number of benzene rings is 1. The van der Waals surface area contributed by atoms with Gasteiger partial charge >= 0.3 is 6.18 Å². The molecule has 0 unspecified atom stereocenters. The number of piperidine rings is 1. The lowest BCUT2D eigenvalue weighted by Crippen LogP contribution is -2.48. The fourth-order valence-corrected chi connectivity index (χ4v) is 5.20. The molecule has 194 valence electrons. The lowest BCUT2D eigenvalue weighted by molar-refractivity contribution is -0.137. The molecule has 1 aromatic rings. The Kier molecular flexibility index (Phi) is 8.54. The topological polar surface area (TPSA) is 73.9 Å². The van der Waals surface area contributed by atoms with E-state index in [9.17, 15) is 22.8 Å². The Labute approximate surface area is 204 Å². The Morgan fingerprint density at radius 3 is 2.31 bits per heavy atom. The quantitative estimate of drug-likeness (QED) is 0.629. The van der Waals surface area contributed by atoms with E-state index in [-0.39, 0.29) is 36.0 Å². The van der Waals surface area contributed by atoms with Gasteiger partial charge < -0.3 is 20.3 Å². The van der Waals surface area contributed by atoms with Crippen LogP contribution in [0.1, 0.15) is 50.5 Å². The number of rotatable bonds is 6. The minimum atomic E-state index is -4.49. The van der Waals surface area contributed by atoms with Gasteiger partial charge in [-0.25, -0.2) is 0 Å². The summed E-state index contributed by atoms with van der Waals surface area (Å²) < 4.78 is 45.3. The zero-order chi connectivity index (χ0) is 24.8. The number of carbonyl (C=O) groups excluding carboxylic acids is 2. The Balaban J connectivity index is 1.31. The van der Waals surface area contributed by atoms with E-state index in [0.29, 0.717) is 45.1 Å². The number of likely N-dealkylation sites (tertiary alicyclic amines) is 1. The number of anilines is 2.